The molecule has 14 nitrogen and oxygen atoms in total. The second-order valence-electron chi connectivity index (χ2n) is 11.9. The first kappa shape index (κ1) is 31.3. The van der Waals surface area contributed by atoms with Crippen LogP contribution in [0.15, 0.2) is 78.0 Å². The first-order valence-corrected chi connectivity index (χ1v) is 15.6. The van der Waals surface area contributed by atoms with Crippen molar-refractivity contribution in [2.45, 2.75) is 31.9 Å². The SMILES string of the molecule is CC(O)C(=O)N1CC(c2c(C#Cc3cccc4nc(C(C)NC(=O)c5c(N)nn6cccnc56)n(-c5ccccc5)c(=O)c34)cnn2C)C1. The van der Waals surface area contributed by atoms with Crippen LogP contribution in [0.3, 0.4) is 0 Å². The number of hydrogen-bond acceptors (Lipinski definition) is 9. The number of nitrogens with two attached hydrogens (primary N) is 1. The van der Waals surface area contributed by atoms with Crippen molar-refractivity contribution in [3.63, 3.8) is 0 Å². The fraction of sp³-hybridized carbons (Fsp3) is 0.229. The summed E-state index contributed by atoms with van der Waals surface area (Å²) < 4.78 is 4.65. The molecule has 0 bridgehead atoms. The highest BCUT2D eigenvalue weighted by Crippen LogP contribution is 2.30. The summed E-state index contributed by atoms with van der Waals surface area (Å²) in [5.74, 6) is 5.90. The van der Waals surface area contributed by atoms with Crippen molar-refractivity contribution in [3.8, 4) is 17.5 Å². The molecule has 4 N–H and O–H groups in total. The summed E-state index contributed by atoms with van der Waals surface area (Å²) in [5, 5.41) is 21.5. The largest absolute Gasteiger partial charge is 0.384 e. The van der Waals surface area contributed by atoms with E-state index in [0.29, 0.717) is 52.3 Å². The van der Waals surface area contributed by atoms with E-state index in [-0.39, 0.29) is 28.8 Å². The van der Waals surface area contributed by atoms with Gasteiger partial charge >= 0.3 is 0 Å². The van der Waals surface area contributed by atoms with Gasteiger partial charge in [-0.1, -0.05) is 36.1 Å². The van der Waals surface area contributed by atoms with Crippen LogP contribution in [0.5, 0.6) is 0 Å². The Balaban J connectivity index is 1.27. The van der Waals surface area contributed by atoms with Crippen molar-refractivity contribution in [2.75, 3.05) is 18.8 Å². The Hall–Kier alpha value is -6.33. The molecule has 7 rings (SSSR count). The van der Waals surface area contributed by atoms with Gasteiger partial charge in [0.2, 0.25) is 0 Å². The zero-order valence-electron chi connectivity index (χ0n) is 26.9. The number of aliphatic hydroxyl groups excluding tert-OH is 1. The highest BCUT2D eigenvalue weighted by molar-refractivity contribution is 6.04. The van der Waals surface area contributed by atoms with Gasteiger partial charge < -0.3 is 21.1 Å². The van der Waals surface area contributed by atoms with Crippen molar-refractivity contribution < 1.29 is 14.7 Å². The van der Waals surface area contributed by atoms with Gasteiger partial charge in [0.05, 0.1) is 40.1 Å². The molecular weight excluding hydrogens is 624 g/mol. The molecule has 2 amide bonds. The summed E-state index contributed by atoms with van der Waals surface area (Å²) in [6.45, 7) is 4.11. The molecule has 2 aromatic carbocycles. The molecule has 14 heteroatoms. The molecule has 5 heterocycles. The zero-order chi connectivity index (χ0) is 34.4. The average Bonchev–Trinajstić information content (AvgIpc) is 3.61. The van der Waals surface area contributed by atoms with E-state index in [1.807, 2.05) is 25.2 Å². The number of nitrogen functional groups attached to an aromatic ring is 1. The van der Waals surface area contributed by atoms with Crippen LogP contribution in [-0.2, 0) is 11.8 Å². The molecule has 2 atom stereocenters. The predicted molar refractivity (Wildman–Crippen MR) is 181 cm³/mol. The van der Waals surface area contributed by atoms with Gasteiger partial charge in [-0.15, -0.1) is 5.10 Å². The van der Waals surface area contributed by atoms with Gasteiger partial charge in [0, 0.05) is 44.0 Å². The number of aliphatic hydroxyl groups is 1. The maximum Gasteiger partial charge on any atom is 0.267 e. The van der Waals surface area contributed by atoms with E-state index in [1.54, 1.807) is 71.5 Å². The summed E-state index contributed by atoms with van der Waals surface area (Å²) in [6.07, 6.45) is 3.81. The van der Waals surface area contributed by atoms with Crippen molar-refractivity contribution >= 4 is 34.2 Å². The molecule has 1 aliphatic heterocycles. The van der Waals surface area contributed by atoms with Crippen LogP contribution in [0.1, 0.15) is 58.8 Å². The highest BCUT2D eigenvalue weighted by Gasteiger charge is 2.36. The lowest BCUT2D eigenvalue weighted by Gasteiger charge is -2.40. The van der Waals surface area contributed by atoms with E-state index >= 15 is 0 Å². The molecule has 4 aromatic heterocycles. The summed E-state index contributed by atoms with van der Waals surface area (Å²) in [5.41, 5.74) is 9.17. The average molecular weight is 657 g/mol. The number of nitrogens with zero attached hydrogens (tertiary/aromatic N) is 8. The van der Waals surface area contributed by atoms with Crippen LogP contribution < -0.4 is 16.6 Å². The number of nitrogens with one attached hydrogen (secondary N) is 1. The van der Waals surface area contributed by atoms with Crippen molar-refractivity contribution in [2.24, 2.45) is 7.05 Å². The standard InChI is InChI=1S/C35H32N10O4/c1-20(39-33(47)28-30(36)41-44-16-8-15-37-32(28)44)31-40-26-12-7-9-22(27(26)35(49)45(31)25-10-5-4-6-11-25)13-14-23-17-38-42(3)29(23)24-18-43(19-24)34(48)21(2)46/h4-12,15-17,20-21,24,46H,18-19H2,1-3H3,(H2,36,41)(H,39,47). The summed E-state index contributed by atoms with van der Waals surface area (Å²) in [4.78, 5) is 50.9. The molecule has 1 saturated heterocycles. The molecule has 246 valence electrons. The second kappa shape index (κ2) is 12.4. The molecule has 1 fully saturated rings. The minimum Gasteiger partial charge on any atom is -0.384 e. The Morgan fingerprint density at radius 2 is 1.80 bits per heavy atom. The number of carbonyl (C=O) groups excluding carboxylic acids is 2. The number of aromatic nitrogens is 7. The first-order chi connectivity index (χ1) is 23.6. The third-order valence-corrected chi connectivity index (χ3v) is 8.58. The Kier molecular flexibility index (Phi) is 7.89. The maximum atomic E-state index is 14.4. The third kappa shape index (κ3) is 5.55. The number of hydrogen-bond donors (Lipinski definition) is 3. The molecule has 0 spiro atoms. The summed E-state index contributed by atoms with van der Waals surface area (Å²) in [6, 6.07) is 15.3. The van der Waals surface area contributed by atoms with E-state index in [4.69, 9.17) is 10.7 Å². The van der Waals surface area contributed by atoms with Crippen LogP contribution >= 0.6 is 0 Å². The fourth-order valence-corrected chi connectivity index (χ4v) is 6.18. The van der Waals surface area contributed by atoms with Gasteiger partial charge in [-0.2, -0.15) is 5.10 Å². The molecule has 6 aromatic rings. The predicted octanol–water partition coefficient (Wildman–Crippen LogP) is 1.94. The Morgan fingerprint density at radius 1 is 1.04 bits per heavy atom. The lowest BCUT2D eigenvalue weighted by molar-refractivity contribution is -0.143. The lowest BCUT2D eigenvalue weighted by Crippen LogP contribution is -2.52. The molecule has 49 heavy (non-hydrogen) atoms. The van der Waals surface area contributed by atoms with Gasteiger partial charge in [-0.05, 0) is 44.2 Å². The van der Waals surface area contributed by atoms with E-state index in [2.05, 4.69) is 32.3 Å². The van der Waals surface area contributed by atoms with Crippen LogP contribution in [0.4, 0.5) is 5.82 Å². The van der Waals surface area contributed by atoms with Crippen LogP contribution in [0.25, 0.3) is 22.2 Å². The topological polar surface area (TPSA) is 179 Å². The van der Waals surface area contributed by atoms with E-state index < -0.39 is 18.1 Å². The first-order valence-electron chi connectivity index (χ1n) is 15.6. The Bertz CT molecular complexity index is 2380. The van der Waals surface area contributed by atoms with E-state index in [9.17, 15) is 19.5 Å². The molecule has 0 saturated carbocycles. The number of likely N-dealkylation sites (tertiary alicyclic amines) is 1. The molecule has 1 aliphatic rings. The van der Waals surface area contributed by atoms with Gasteiger partial charge in [-0.3, -0.25) is 23.6 Å². The number of fused-ring (bicyclic) bond motifs is 2. The quantitative estimate of drug-likeness (QED) is 0.226. The zero-order valence-corrected chi connectivity index (χ0v) is 26.9. The van der Waals surface area contributed by atoms with Crippen molar-refractivity contribution in [1.29, 1.82) is 0 Å². The van der Waals surface area contributed by atoms with Gasteiger partial charge in [0.15, 0.2) is 11.5 Å². The summed E-state index contributed by atoms with van der Waals surface area (Å²) >= 11 is 0. The highest BCUT2D eigenvalue weighted by atomic mass is 16.3. The van der Waals surface area contributed by atoms with Crippen LogP contribution in [-0.4, -0.2) is 74.9 Å². The number of rotatable bonds is 6. The smallest absolute Gasteiger partial charge is 0.267 e. The monoisotopic (exact) mass is 656 g/mol. The molecule has 0 radical (unpaired) electrons. The molecule has 2 unspecified atom stereocenters. The normalized spacial score (nSPS) is 14.2. The second-order valence-corrected chi connectivity index (χ2v) is 11.9. The molecule has 0 aliphatic carbocycles. The lowest BCUT2D eigenvalue weighted by atomic mass is 9.93. The minimum absolute atomic E-state index is 0.00937. The maximum absolute atomic E-state index is 14.4. The van der Waals surface area contributed by atoms with E-state index in [0.717, 1.165) is 5.69 Å². The Labute approximate surface area is 279 Å². The Morgan fingerprint density at radius 3 is 2.55 bits per heavy atom. The van der Waals surface area contributed by atoms with Gasteiger partial charge in [-0.25, -0.2) is 14.5 Å². The molecular formula is C35H32N10O4. The van der Waals surface area contributed by atoms with Crippen LogP contribution in [0.2, 0.25) is 0 Å². The van der Waals surface area contributed by atoms with Gasteiger partial charge in [0.25, 0.3) is 17.4 Å². The van der Waals surface area contributed by atoms with Crippen LogP contribution in [0, 0.1) is 11.8 Å². The number of benzene rings is 2. The third-order valence-electron chi connectivity index (χ3n) is 8.58. The number of anilines is 1. The van der Waals surface area contributed by atoms with Crippen molar-refractivity contribution in [1.82, 2.24) is 44.1 Å². The fourth-order valence-electron chi connectivity index (χ4n) is 6.18. The minimum atomic E-state index is -1.06. The van der Waals surface area contributed by atoms with E-state index in [1.165, 1.54) is 16.0 Å². The number of amides is 2. The van der Waals surface area contributed by atoms with Gasteiger partial charge in [0.1, 0.15) is 17.5 Å². The number of para-hydroxylation sites is 1. The summed E-state index contributed by atoms with van der Waals surface area (Å²) in [7, 11) is 1.82. The number of carbonyl (C=O) groups is 2. The van der Waals surface area contributed by atoms with Crippen molar-refractivity contribution in [3.05, 3.63) is 112 Å². The number of aryl methyl sites for hydroxylation is 1.